The van der Waals surface area contributed by atoms with E-state index in [9.17, 15) is 4.79 Å². The van der Waals surface area contributed by atoms with Crippen molar-refractivity contribution in [1.82, 2.24) is 0 Å². The smallest absolute Gasteiger partial charge is 0.308 e. The highest BCUT2D eigenvalue weighted by Crippen LogP contribution is 2.23. The topological polar surface area (TPSA) is 26.3 Å². The highest BCUT2D eigenvalue weighted by molar-refractivity contribution is 5.71. The number of esters is 1. The molecule has 0 aromatic rings. The fourth-order valence-corrected chi connectivity index (χ4v) is 5.24. The first-order valence-electron chi connectivity index (χ1n) is 15.2. The summed E-state index contributed by atoms with van der Waals surface area (Å²) in [6.45, 7) is 11.8. The second-order valence-electron chi connectivity index (χ2n) is 11.2. The zero-order valence-corrected chi connectivity index (χ0v) is 23.6. The zero-order chi connectivity index (χ0) is 24.6. The highest BCUT2D eigenvalue weighted by atomic mass is 16.5. The molecule has 0 N–H and O–H groups in total. The molecule has 2 heteroatoms. The van der Waals surface area contributed by atoms with Crippen molar-refractivity contribution in [3.63, 3.8) is 0 Å². The molecular formula is C31H62O2. The van der Waals surface area contributed by atoms with Gasteiger partial charge in [0.1, 0.15) is 0 Å². The van der Waals surface area contributed by atoms with Gasteiger partial charge in [-0.3, -0.25) is 4.79 Å². The Balaban J connectivity index is 3.37. The summed E-state index contributed by atoms with van der Waals surface area (Å²) in [7, 11) is 0. The predicted octanol–water partition coefficient (Wildman–Crippen LogP) is 10.7. The maximum Gasteiger partial charge on any atom is 0.308 e. The van der Waals surface area contributed by atoms with E-state index in [1.807, 2.05) is 6.92 Å². The summed E-state index contributed by atoms with van der Waals surface area (Å²) >= 11 is 0. The van der Waals surface area contributed by atoms with Gasteiger partial charge < -0.3 is 4.74 Å². The minimum Gasteiger partial charge on any atom is -0.465 e. The molecule has 198 valence electrons. The average Bonchev–Trinajstić information content (AvgIpc) is 2.78. The van der Waals surface area contributed by atoms with Gasteiger partial charge in [0.25, 0.3) is 0 Å². The summed E-state index contributed by atoms with van der Waals surface area (Å²) in [6.07, 6.45) is 28.1. The average molecular weight is 467 g/mol. The number of hydrogen-bond acceptors (Lipinski definition) is 2. The van der Waals surface area contributed by atoms with Crippen LogP contribution in [0.1, 0.15) is 169 Å². The van der Waals surface area contributed by atoms with Gasteiger partial charge in [-0.2, -0.15) is 0 Å². The lowest BCUT2D eigenvalue weighted by atomic mass is 9.88. The largest absolute Gasteiger partial charge is 0.465 e. The maximum atomic E-state index is 12.2. The Morgan fingerprint density at radius 2 is 0.970 bits per heavy atom. The Hall–Kier alpha value is -0.530. The van der Waals surface area contributed by atoms with E-state index in [1.165, 1.54) is 122 Å². The van der Waals surface area contributed by atoms with E-state index in [2.05, 4.69) is 27.7 Å². The Bertz CT molecular complexity index is 406. The van der Waals surface area contributed by atoms with Crippen LogP contribution < -0.4 is 0 Å². The zero-order valence-electron chi connectivity index (χ0n) is 23.6. The molecule has 0 spiro atoms. The minimum absolute atomic E-state index is 0.0153. The van der Waals surface area contributed by atoms with Crippen molar-refractivity contribution in [2.45, 2.75) is 169 Å². The summed E-state index contributed by atoms with van der Waals surface area (Å²) in [5.74, 6) is 1.43. The fourth-order valence-electron chi connectivity index (χ4n) is 5.24. The lowest BCUT2D eigenvalue weighted by Gasteiger charge is -2.19. The van der Waals surface area contributed by atoms with Gasteiger partial charge in [0.15, 0.2) is 0 Å². The summed E-state index contributed by atoms with van der Waals surface area (Å²) in [5.41, 5.74) is 0. The fraction of sp³-hybridized carbons (Fsp3) is 0.968. The molecule has 33 heavy (non-hydrogen) atoms. The van der Waals surface area contributed by atoms with E-state index in [4.69, 9.17) is 4.74 Å². The molecular weight excluding hydrogens is 404 g/mol. The molecule has 2 nitrogen and oxygen atoms in total. The minimum atomic E-state index is 0.0153. The van der Waals surface area contributed by atoms with Crippen LogP contribution in [0.25, 0.3) is 0 Å². The van der Waals surface area contributed by atoms with Gasteiger partial charge in [-0.05, 0) is 31.1 Å². The molecule has 0 amide bonds. The second-order valence-corrected chi connectivity index (χ2v) is 11.2. The summed E-state index contributed by atoms with van der Waals surface area (Å²) in [4.78, 5) is 12.2. The van der Waals surface area contributed by atoms with E-state index < -0.39 is 0 Å². The predicted molar refractivity (Wildman–Crippen MR) is 147 cm³/mol. The number of unbranched alkanes of at least 4 members (excludes halogenated alkanes) is 16. The third-order valence-electron chi connectivity index (χ3n) is 7.24. The molecule has 0 rings (SSSR count). The Labute approximate surface area is 209 Å². The quantitative estimate of drug-likeness (QED) is 0.0987. The van der Waals surface area contributed by atoms with Gasteiger partial charge in [-0.25, -0.2) is 0 Å². The molecule has 0 radical (unpaired) electrons. The van der Waals surface area contributed by atoms with Crippen LogP contribution in [0.2, 0.25) is 0 Å². The summed E-state index contributed by atoms with van der Waals surface area (Å²) < 4.78 is 5.54. The van der Waals surface area contributed by atoms with Crippen molar-refractivity contribution in [2.24, 2.45) is 17.8 Å². The van der Waals surface area contributed by atoms with E-state index in [-0.39, 0.29) is 11.9 Å². The van der Waals surface area contributed by atoms with E-state index >= 15 is 0 Å². The number of ether oxygens (including phenoxy) is 1. The van der Waals surface area contributed by atoms with Crippen LogP contribution >= 0.6 is 0 Å². The SMILES string of the molecule is CCCCCCCCCCCCCCCCCCCOC(=O)[C@H](C)C[C@H](C)C[C@H](C)CCC. The lowest BCUT2D eigenvalue weighted by Crippen LogP contribution is -2.18. The molecule has 0 aliphatic carbocycles. The summed E-state index contributed by atoms with van der Waals surface area (Å²) in [5, 5.41) is 0. The van der Waals surface area contributed by atoms with Gasteiger partial charge >= 0.3 is 5.97 Å². The number of carbonyl (C=O) groups excluding carboxylic acids is 1. The monoisotopic (exact) mass is 466 g/mol. The molecule has 0 aromatic heterocycles. The molecule has 0 fully saturated rings. The standard InChI is InChI=1S/C31H62O2/c1-6-8-9-10-11-12-13-14-15-16-17-18-19-20-21-22-23-25-33-31(32)30(5)27-29(4)26-28(3)24-7-2/h28-30H,6-27H2,1-5H3/t28-,29-,30-/m1/s1. The van der Waals surface area contributed by atoms with Crippen molar-refractivity contribution in [2.75, 3.05) is 6.61 Å². The van der Waals surface area contributed by atoms with E-state index in [0.717, 1.165) is 18.8 Å². The van der Waals surface area contributed by atoms with Gasteiger partial charge in [-0.15, -0.1) is 0 Å². The molecule has 3 atom stereocenters. The van der Waals surface area contributed by atoms with Crippen LogP contribution in [0, 0.1) is 17.8 Å². The van der Waals surface area contributed by atoms with Crippen LogP contribution in [0.4, 0.5) is 0 Å². The van der Waals surface area contributed by atoms with Crippen molar-refractivity contribution < 1.29 is 9.53 Å². The van der Waals surface area contributed by atoms with E-state index in [0.29, 0.717) is 12.5 Å². The van der Waals surface area contributed by atoms with Crippen LogP contribution in [0.5, 0.6) is 0 Å². The molecule has 0 unspecified atom stereocenters. The lowest BCUT2D eigenvalue weighted by molar-refractivity contribution is -0.148. The Morgan fingerprint density at radius 1 is 0.545 bits per heavy atom. The first kappa shape index (κ1) is 32.5. The molecule has 0 saturated heterocycles. The van der Waals surface area contributed by atoms with Crippen molar-refractivity contribution in [1.29, 1.82) is 0 Å². The van der Waals surface area contributed by atoms with Gasteiger partial charge in [0.05, 0.1) is 12.5 Å². The van der Waals surface area contributed by atoms with Crippen molar-refractivity contribution >= 4 is 5.97 Å². The normalized spacial score (nSPS) is 14.2. The first-order chi connectivity index (χ1) is 16.0. The molecule has 0 aliphatic rings. The second kappa shape index (κ2) is 24.6. The maximum absolute atomic E-state index is 12.2. The molecule has 0 aromatic carbocycles. The van der Waals surface area contributed by atoms with Crippen LogP contribution in [-0.4, -0.2) is 12.6 Å². The van der Waals surface area contributed by atoms with E-state index in [1.54, 1.807) is 0 Å². The van der Waals surface area contributed by atoms with Crippen LogP contribution in [0.15, 0.2) is 0 Å². The van der Waals surface area contributed by atoms with Gasteiger partial charge in [0.2, 0.25) is 0 Å². The molecule has 0 saturated carbocycles. The molecule has 0 heterocycles. The summed E-state index contributed by atoms with van der Waals surface area (Å²) in [6, 6.07) is 0. The third kappa shape index (κ3) is 23.0. The number of carbonyl (C=O) groups is 1. The molecule has 0 aliphatic heterocycles. The number of hydrogen-bond donors (Lipinski definition) is 0. The van der Waals surface area contributed by atoms with Crippen LogP contribution in [0.3, 0.4) is 0 Å². The van der Waals surface area contributed by atoms with Crippen molar-refractivity contribution in [3.05, 3.63) is 0 Å². The Morgan fingerprint density at radius 3 is 1.39 bits per heavy atom. The Kier molecular flexibility index (Phi) is 24.2. The number of rotatable bonds is 25. The van der Waals surface area contributed by atoms with Crippen molar-refractivity contribution in [3.8, 4) is 0 Å². The first-order valence-corrected chi connectivity index (χ1v) is 15.2. The van der Waals surface area contributed by atoms with Gasteiger partial charge in [0, 0.05) is 0 Å². The van der Waals surface area contributed by atoms with Gasteiger partial charge in [-0.1, -0.05) is 150 Å². The van der Waals surface area contributed by atoms with Crippen LogP contribution in [-0.2, 0) is 9.53 Å². The highest BCUT2D eigenvalue weighted by Gasteiger charge is 2.19. The molecule has 0 bridgehead atoms. The third-order valence-corrected chi connectivity index (χ3v) is 7.24.